The summed E-state index contributed by atoms with van der Waals surface area (Å²) in [5, 5.41) is 13.0. The predicted octanol–water partition coefficient (Wildman–Crippen LogP) is 3.35. The number of nitrogens with zero attached hydrogens (tertiary/aromatic N) is 5. The van der Waals surface area contributed by atoms with Crippen LogP contribution in [0.25, 0.3) is 16.6 Å². The minimum absolute atomic E-state index is 0.413. The minimum atomic E-state index is 0.413. The quantitative estimate of drug-likeness (QED) is 0.606. The topological polar surface area (TPSA) is 58.3 Å². The van der Waals surface area contributed by atoms with Crippen LogP contribution in [0.15, 0.2) is 60.9 Å². The molecule has 6 heteroatoms. The number of hydrogen-bond acceptors (Lipinski definition) is 5. The Bertz CT molecular complexity index is 1050. The summed E-state index contributed by atoms with van der Waals surface area (Å²) in [7, 11) is 0. The van der Waals surface area contributed by atoms with Crippen LogP contribution in [-0.4, -0.2) is 43.6 Å². The molecule has 1 aliphatic rings. The third-order valence-corrected chi connectivity index (χ3v) is 5.32. The molecule has 1 fully saturated rings. The Morgan fingerprint density at radius 2 is 1.74 bits per heavy atom. The third-order valence-electron chi connectivity index (χ3n) is 5.32. The molecule has 1 N–H and O–H groups in total. The lowest BCUT2D eigenvalue weighted by molar-refractivity contribution is 0.211. The van der Waals surface area contributed by atoms with Crippen molar-refractivity contribution in [2.75, 3.05) is 18.4 Å². The Balaban J connectivity index is 1.31. The summed E-state index contributed by atoms with van der Waals surface area (Å²) < 4.78 is 1.96. The van der Waals surface area contributed by atoms with Gasteiger partial charge in [-0.3, -0.25) is 9.30 Å². The Kier molecular flexibility index (Phi) is 4.18. The van der Waals surface area contributed by atoms with Crippen molar-refractivity contribution in [2.24, 2.45) is 0 Å². The van der Waals surface area contributed by atoms with Crippen LogP contribution in [0.2, 0.25) is 0 Å². The zero-order valence-electron chi connectivity index (χ0n) is 15.1. The van der Waals surface area contributed by atoms with Gasteiger partial charge < -0.3 is 5.32 Å². The van der Waals surface area contributed by atoms with E-state index in [-0.39, 0.29) is 0 Å². The maximum atomic E-state index is 4.81. The molecule has 0 atom stereocenters. The van der Waals surface area contributed by atoms with E-state index in [0.717, 1.165) is 55.0 Å². The molecule has 0 amide bonds. The Hall–Kier alpha value is -2.99. The maximum Gasteiger partial charge on any atom is 0.210 e. The van der Waals surface area contributed by atoms with Gasteiger partial charge in [0.2, 0.25) is 5.95 Å². The highest BCUT2D eigenvalue weighted by atomic mass is 15.3. The molecule has 0 spiro atoms. The van der Waals surface area contributed by atoms with Crippen molar-refractivity contribution in [3.63, 3.8) is 0 Å². The lowest BCUT2D eigenvalue weighted by atomic mass is 10.0. The van der Waals surface area contributed by atoms with E-state index in [1.807, 2.05) is 28.7 Å². The van der Waals surface area contributed by atoms with Crippen LogP contribution in [0.4, 0.5) is 5.95 Å². The highest BCUT2D eigenvalue weighted by molar-refractivity contribution is 5.92. The molecule has 0 aliphatic carbocycles. The van der Waals surface area contributed by atoms with E-state index in [0.29, 0.717) is 6.04 Å². The lowest BCUT2D eigenvalue weighted by Crippen LogP contribution is -2.39. The first kappa shape index (κ1) is 16.2. The molecule has 6 nitrogen and oxygen atoms in total. The molecule has 1 saturated heterocycles. The van der Waals surface area contributed by atoms with Gasteiger partial charge in [-0.25, -0.2) is 4.98 Å². The van der Waals surface area contributed by atoms with Gasteiger partial charge in [0.15, 0.2) is 5.65 Å². The van der Waals surface area contributed by atoms with E-state index < -0.39 is 0 Å². The number of aromatic nitrogens is 4. The van der Waals surface area contributed by atoms with Crippen LogP contribution in [0.3, 0.4) is 0 Å². The van der Waals surface area contributed by atoms with Crippen molar-refractivity contribution in [2.45, 2.75) is 25.4 Å². The first-order valence-electron chi connectivity index (χ1n) is 9.48. The highest BCUT2D eigenvalue weighted by Crippen LogP contribution is 2.22. The predicted molar refractivity (Wildman–Crippen MR) is 107 cm³/mol. The van der Waals surface area contributed by atoms with E-state index in [4.69, 9.17) is 4.98 Å². The number of fused-ring (bicyclic) bond motifs is 3. The second kappa shape index (κ2) is 6.96. The number of piperidine rings is 1. The molecule has 4 aromatic rings. The first-order chi connectivity index (χ1) is 13.4. The second-order valence-electron chi connectivity index (χ2n) is 7.16. The molecule has 0 bridgehead atoms. The molecule has 0 radical (unpaired) electrons. The van der Waals surface area contributed by atoms with Crippen LogP contribution >= 0.6 is 0 Å². The zero-order chi connectivity index (χ0) is 18.1. The van der Waals surface area contributed by atoms with E-state index in [2.05, 4.69) is 50.7 Å². The minimum Gasteiger partial charge on any atom is -0.352 e. The summed E-state index contributed by atoms with van der Waals surface area (Å²) in [5.41, 5.74) is 3.18. The molecular formula is C21H22N6. The van der Waals surface area contributed by atoms with Gasteiger partial charge in [0.05, 0.1) is 5.52 Å². The number of likely N-dealkylation sites (tertiary alicyclic amines) is 1. The van der Waals surface area contributed by atoms with Crippen LogP contribution in [-0.2, 0) is 6.54 Å². The van der Waals surface area contributed by atoms with Gasteiger partial charge in [-0.05, 0) is 30.5 Å². The molecule has 136 valence electrons. The van der Waals surface area contributed by atoms with E-state index >= 15 is 0 Å². The normalized spacial score (nSPS) is 16.1. The first-order valence-corrected chi connectivity index (χ1v) is 9.48. The zero-order valence-corrected chi connectivity index (χ0v) is 15.1. The monoisotopic (exact) mass is 358 g/mol. The summed E-state index contributed by atoms with van der Waals surface area (Å²) in [5.74, 6) is 0.829. The van der Waals surface area contributed by atoms with Crippen molar-refractivity contribution in [3.8, 4) is 0 Å². The summed E-state index contributed by atoms with van der Waals surface area (Å²) in [6.45, 7) is 3.20. The number of nitrogens with one attached hydrogen (secondary N) is 1. The Morgan fingerprint density at radius 3 is 2.59 bits per heavy atom. The van der Waals surface area contributed by atoms with Crippen LogP contribution in [0.5, 0.6) is 0 Å². The van der Waals surface area contributed by atoms with E-state index in [1.165, 1.54) is 5.56 Å². The molecular weight excluding hydrogens is 336 g/mol. The molecule has 0 saturated carbocycles. The maximum absolute atomic E-state index is 4.81. The van der Waals surface area contributed by atoms with Gasteiger partial charge in [0, 0.05) is 31.1 Å². The molecule has 0 unspecified atom stereocenters. The SMILES string of the molecule is c1ccc(CN2CCC(Nc3nc4ccccc4c4nncn34)CC2)cc1. The van der Waals surface area contributed by atoms with Crippen molar-refractivity contribution in [1.29, 1.82) is 0 Å². The van der Waals surface area contributed by atoms with Crippen molar-refractivity contribution in [3.05, 3.63) is 66.5 Å². The van der Waals surface area contributed by atoms with E-state index in [9.17, 15) is 0 Å². The molecule has 27 heavy (non-hydrogen) atoms. The fourth-order valence-corrected chi connectivity index (χ4v) is 3.86. The molecule has 2 aromatic heterocycles. The lowest BCUT2D eigenvalue weighted by Gasteiger charge is -2.32. The second-order valence-corrected chi connectivity index (χ2v) is 7.16. The number of para-hydroxylation sites is 1. The summed E-state index contributed by atoms with van der Waals surface area (Å²) >= 11 is 0. The number of benzene rings is 2. The molecule has 1 aliphatic heterocycles. The summed E-state index contributed by atoms with van der Waals surface area (Å²) in [4.78, 5) is 7.34. The summed E-state index contributed by atoms with van der Waals surface area (Å²) in [6.07, 6.45) is 3.94. The number of hydrogen-bond donors (Lipinski definition) is 1. The molecule has 2 aromatic carbocycles. The third kappa shape index (κ3) is 3.24. The fourth-order valence-electron chi connectivity index (χ4n) is 3.86. The van der Waals surface area contributed by atoms with Crippen LogP contribution in [0, 0.1) is 0 Å². The van der Waals surface area contributed by atoms with Crippen LogP contribution in [0.1, 0.15) is 18.4 Å². The standard InChI is InChI=1S/C21H22N6/c1-2-6-16(7-3-1)14-26-12-10-17(11-13-26)23-21-24-19-9-5-4-8-18(19)20-25-22-15-27(20)21/h1-9,15,17H,10-14H2,(H,23,24). The smallest absolute Gasteiger partial charge is 0.210 e. The van der Waals surface area contributed by atoms with Gasteiger partial charge >= 0.3 is 0 Å². The fraction of sp³-hybridized carbons (Fsp3) is 0.286. The van der Waals surface area contributed by atoms with Gasteiger partial charge in [0.1, 0.15) is 6.33 Å². The van der Waals surface area contributed by atoms with Crippen molar-refractivity contribution >= 4 is 22.5 Å². The highest BCUT2D eigenvalue weighted by Gasteiger charge is 2.21. The van der Waals surface area contributed by atoms with Gasteiger partial charge in [-0.15, -0.1) is 10.2 Å². The molecule has 5 rings (SSSR count). The van der Waals surface area contributed by atoms with Crippen molar-refractivity contribution < 1.29 is 0 Å². The summed E-state index contributed by atoms with van der Waals surface area (Å²) in [6, 6.07) is 19.2. The largest absolute Gasteiger partial charge is 0.352 e. The van der Waals surface area contributed by atoms with Crippen LogP contribution < -0.4 is 5.32 Å². The number of rotatable bonds is 4. The van der Waals surface area contributed by atoms with Gasteiger partial charge in [-0.1, -0.05) is 42.5 Å². The Morgan fingerprint density at radius 1 is 0.963 bits per heavy atom. The molecule has 3 heterocycles. The van der Waals surface area contributed by atoms with Gasteiger partial charge in [0.25, 0.3) is 0 Å². The Labute approximate surface area is 157 Å². The van der Waals surface area contributed by atoms with Gasteiger partial charge in [-0.2, -0.15) is 0 Å². The average molecular weight is 358 g/mol. The van der Waals surface area contributed by atoms with E-state index in [1.54, 1.807) is 6.33 Å². The number of anilines is 1. The average Bonchev–Trinajstić information content (AvgIpc) is 3.21. The van der Waals surface area contributed by atoms with Crippen molar-refractivity contribution in [1.82, 2.24) is 24.5 Å².